The van der Waals surface area contributed by atoms with Crippen molar-refractivity contribution in [3.63, 3.8) is 0 Å². The molecule has 6 nitrogen and oxygen atoms in total. The molecule has 0 heterocycles. The third kappa shape index (κ3) is 5.43. The Bertz CT molecular complexity index is 961. The van der Waals surface area contributed by atoms with Crippen molar-refractivity contribution in [1.82, 2.24) is 0 Å². The second kappa shape index (κ2) is 9.01. The Balaban J connectivity index is 2.35. The van der Waals surface area contributed by atoms with Crippen molar-refractivity contribution in [2.24, 2.45) is 0 Å². The molecule has 2 rings (SSSR count). The Morgan fingerprint density at radius 3 is 2.56 bits per heavy atom. The number of methoxy groups -OCH3 is 1. The molecule has 0 aliphatic heterocycles. The first-order chi connectivity index (χ1) is 12.8. The first-order valence-corrected chi connectivity index (χ1v) is 8.69. The fraction of sp³-hybridized carbons (Fsp3) is 0.150. The third-order valence-electron chi connectivity index (χ3n) is 3.48. The molecule has 138 valence electrons. The number of nitrogens with zero attached hydrogens (tertiary/aromatic N) is 1. The fourth-order valence-electron chi connectivity index (χ4n) is 2.28. The highest BCUT2D eigenvalue weighted by Gasteiger charge is 2.14. The van der Waals surface area contributed by atoms with Crippen LogP contribution < -0.4 is 14.8 Å². The topological polar surface area (TPSA) is 88.4 Å². The molecule has 1 N–H and O–H groups in total. The minimum atomic E-state index is -0.530. The van der Waals surface area contributed by atoms with Gasteiger partial charge in [-0.15, -0.1) is 0 Å². The molecule has 1 amide bonds. The van der Waals surface area contributed by atoms with Crippen LogP contribution in [0.3, 0.4) is 0 Å². The van der Waals surface area contributed by atoms with Gasteiger partial charge in [0.05, 0.1) is 7.11 Å². The van der Waals surface area contributed by atoms with Crippen LogP contribution in [0.5, 0.6) is 11.5 Å². The molecular weight excluding hydrogens is 412 g/mol. The van der Waals surface area contributed by atoms with Crippen LogP contribution in [-0.2, 0) is 9.59 Å². The van der Waals surface area contributed by atoms with Gasteiger partial charge in [-0.05, 0) is 48.4 Å². The lowest BCUT2D eigenvalue weighted by Gasteiger charge is -2.11. The summed E-state index contributed by atoms with van der Waals surface area (Å²) < 4.78 is 10.8. The number of esters is 1. The molecule has 0 bridgehead atoms. The number of amides is 1. The van der Waals surface area contributed by atoms with Gasteiger partial charge in [0.2, 0.25) is 0 Å². The van der Waals surface area contributed by atoms with Crippen LogP contribution in [0.1, 0.15) is 18.1 Å². The molecule has 7 heteroatoms. The van der Waals surface area contributed by atoms with E-state index in [1.54, 1.807) is 24.3 Å². The highest BCUT2D eigenvalue weighted by atomic mass is 79.9. The van der Waals surface area contributed by atoms with Crippen LogP contribution in [0.25, 0.3) is 6.08 Å². The van der Waals surface area contributed by atoms with Gasteiger partial charge in [0, 0.05) is 17.1 Å². The standard InChI is InChI=1S/C20H17BrN2O4/c1-12-5-4-6-16(7-12)23-20(25)15(11-22)8-14-9-18(26-3)19(10-17(14)21)27-13(2)24/h4-10H,1-3H3,(H,23,25)/b15-8-. The molecule has 0 atom stereocenters. The number of carbonyl (C=O) groups is 2. The van der Waals surface area contributed by atoms with Crippen LogP contribution in [0.15, 0.2) is 46.4 Å². The number of nitrogens with one attached hydrogen (secondary N) is 1. The largest absolute Gasteiger partial charge is 0.493 e. The van der Waals surface area contributed by atoms with Crippen molar-refractivity contribution in [1.29, 1.82) is 5.26 Å². The minimum Gasteiger partial charge on any atom is -0.493 e. The number of ether oxygens (including phenoxy) is 2. The number of benzene rings is 2. The SMILES string of the molecule is COc1cc(/C=C(/C#N)C(=O)Nc2cccc(C)c2)c(Br)cc1OC(C)=O. The lowest BCUT2D eigenvalue weighted by molar-refractivity contribution is -0.132. The number of nitriles is 1. The number of aryl methyl sites for hydroxylation is 1. The normalized spacial score (nSPS) is 10.7. The van der Waals surface area contributed by atoms with Crippen molar-refractivity contribution in [3.05, 3.63) is 57.6 Å². The van der Waals surface area contributed by atoms with Crippen molar-refractivity contribution in [2.45, 2.75) is 13.8 Å². The number of carbonyl (C=O) groups excluding carboxylic acids is 2. The van der Waals surface area contributed by atoms with E-state index in [1.807, 2.05) is 25.1 Å². The predicted molar refractivity (Wildman–Crippen MR) is 105 cm³/mol. The number of rotatable bonds is 5. The summed E-state index contributed by atoms with van der Waals surface area (Å²) in [6, 6.07) is 12.3. The van der Waals surface area contributed by atoms with E-state index < -0.39 is 11.9 Å². The van der Waals surface area contributed by atoms with E-state index in [0.29, 0.717) is 21.5 Å². The van der Waals surface area contributed by atoms with Crippen LogP contribution in [0, 0.1) is 18.3 Å². The Morgan fingerprint density at radius 2 is 1.96 bits per heavy atom. The molecule has 0 saturated heterocycles. The second-order valence-corrected chi connectivity index (χ2v) is 6.47. The molecule has 0 aliphatic carbocycles. The fourth-order valence-corrected chi connectivity index (χ4v) is 2.72. The maximum atomic E-state index is 12.4. The molecule has 0 unspecified atom stereocenters. The van der Waals surface area contributed by atoms with Gasteiger partial charge < -0.3 is 14.8 Å². The zero-order chi connectivity index (χ0) is 20.0. The van der Waals surface area contributed by atoms with E-state index in [-0.39, 0.29) is 11.3 Å². The smallest absolute Gasteiger partial charge is 0.308 e. The van der Waals surface area contributed by atoms with Crippen molar-refractivity contribution >= 4 is 39.6 Å². The maximum absolute atomic E-state index is 12.4. The summed E-state index contributed by atoms with van der Waals surface area (Å²) in [4.78, 5) is 23.6. The Morgan fingerprint density at radius 1 is 1.22 bits per heavy atom. The highest BCUT2D eigenvalue weighted by molar-refractivity contribution is 9.10. The summed E-state index contributed by atoms with van der Waals surface area (Å²) >= 11 is 3.35. The number of anilines is 1. The van der Waals surface area contributed by atoms with Crippen LogP contribution in [0.4, 0.5) is 5.69 Å². The average Bonchev–Trinajstić information content (AvgIpc) is 2.60. The van der Waals surface area contributed by atoms with Crippen LogP contribution >= 0.6 is 15.9 Å². The summed E-state index contributed by atoms with van der Waals surface area (Å²) in [6.45, 7) is 3.19. The zero-order valence-corrected chi connectivity index (χ0v) is 16.6. The van der Waals surface area contributed by atoms with Gasteiger partial charge in [-0.2, -0.15) is 5.26 Å². The van der Waals surface area contributed by atoms with Crippen LogP contribution in [-0.4, -0.2) is 19.0 Å². The maximum Gasteiger partial charge on any atom is 0.308 e. The third-order valence-corrected chi connectivity index (χ3v) is 4.16. The zero-order valence-electron chi connectivity index (χ0n) is 15.0. The van der Waals surface area contributed by atoms with Gasteiger partial charge in [0.1, 0.15) is 11.6 Å². The lowest BCUT2D eigenvalue weighted by atomic mass is 10.1. The van der Waals surface area contributed by atoms with Gasteiger partial charge in [-0.3, -0.25) is 9.59 Å². The summed E-state index contributed by atoms with van der Waals surface area (Å²) in [7, 11) is 1.43. The Hall–Kier alpha value is -3.11. The molecule has 0 radical (unpaired) electrons. The number of hydrogen-bond donors (Lipinski definition) is 1. The Labute approximate surface area is 165 Å². The predicted octanol–water partition coefficient (Wildman–Crippen LogP) is 4.24. The summed E-state index contributed by atoms with van der Waals surface area (Å²) in [5.41, 5.74) is 2.03. The van der Waals surface area contributed by atoms with Gasteiger partial charge in [0.15, 0.2) is 11.5 Å². The first kappa shape index (κ1) is 20.2. The molecule has 2 aromatic rings. The number of halogens is 1. The van der Waals surface area contributed by atoms with Gasteiger partial charge in [-0.25, -0.2) is 0 Å². The van der Waals surface area contributed by atoms with Crippen molar-refractivity contribution in [3.8, 4) is 17.6 Å². The lowest BCUT2D eigenvalue weighted by Crippen LogP contribution is -2.13. The molecular formula is C20H17BrN2O4. The first-order valence-electron chi connectivity index (χ1n) is 7.89. The molecule has 0 spiro atoms. The van der Waals surface area contributed by atoms with Gasteiger partial charge in [-0.1, -0.05) is 28.1 Å². The number of hydrogen-bond acceptors (Lipinski definition) is 5. The Kier molecular flexibility index (Phi) is 6.74. The molecule has 0 saturated carbocycles. The van der Waals surface area contributed by atoms with Gasteiger partial charge >= 0.3 is 5.97 Å². The van der Waals surface area contributed by atoms with Gasteiger partial charge in [0.25, 0.3) is 5.91 Å². The van der Waals surface area contributed by atoms with E-state index in [2.05, 4.69) is 21.2 Å². The summed E-state index contributed by atoms with van der Waals surface area (Å²) in [5.74, 6) is -0.482. The summed E-state index contributed by atoms with van der Waals surface area (Å²) in [5, 5.41) is 12.1. The quantitative estimate of drug-likeness (QED) is 0.333. The van der Waals surface area contributed by atoms with E-state index >= 15 is 0 Å². The van der Waals surface area contributed by atoms with E-state index in [1.165, 1.54) is 20.1 Å². The van der Waals surface area contributed by atoms with Crippen LogP contribution in [0.2, 0.25) is 0 Å². The van der Waals surface area contributed by atoms with Crippen molar-refractivity contribution < 1.29 is 19.1 Å². The van der Waals surface area contributed by atoms with E-state index in [0.717, 1.165) is 5.56 Å². The van der Waals surface area contributed by atoms with E-state index in [4.69, 9.17) is 9.47 Å². The van der Waals surface area contributed by atoms with Crippen molar-refractivity contribution in [2.75, 3.05) is 12.4 Å². The van der Waals surface area contributed by atoms with E-state index in [9.17, 15) is 14.9 Å². The average molecular weight is 429 g/mol. The highest BCUT2D eigenvalue weighted by Crippen LogP contribution is 2.34. The monoisotopic (exact) mass is 428 g/mol. The molecule has 0 fully saturated rings. The molecule has 27 heavy (non-hydrogen) atoms. The molecule has 2 aromatic carbocycles. The second-order valence-electron chi connectivity index (χ2n) is 5.61. The summed E-state index contributed by atoms with van der Waals surface area (Å²) in [6.07, 6.45) is 1.43. The minimum absolute atomic E-state index is 0.0838. The molecule has 0 aromatic heterocycles. The molecule has 0 aliphatic rings.